The van der Waals surface area contributed by atoms with Crippen molar-refractivity contribution < 1.29 is 31.9 Å². The Morgan fingerprint density at radius 3 is 2.56 bits per heavy atom. The smallest absolute Gasteiger partial charge is 0.416 e. The second-order valence-electron chi connectivity index (χ2n) is 7.05. The van der Waals surface area contributed by atoms with E-state index in [1.54, 1.807) is 25.4 Å². The van der Waals surface area contributed by atoms with E-state index in [1.165, 1.54) is 19.2 Å². The van der Waals surface area contributed by atoms with E-state index in [0.717, 1.165) is 23.4 Å². The van der Waals surface area contributed by atoms with Crippen LogP contribution in [0.1, 0.15) is 29.5 Å². The van der Waals surface area contributed by atoms with Gasteiger partial charge in [-0.05, 0) is 42.0 Å². The SMILES string of the molecule is COCC(NC(=O)CCc1ncc(-c2ccc(OC)cc2)o1)c1cccc(C(F)(F)F)c1. The molecule has 1 unspecified atom stereocenters. The molecule has 1 atom stereocenters. The number of benzene rings is 2. The molecule has 0 fully saturated rings. The van der Waals surface area contributed by atoms with Crippen molar-refractivity contribution in [3.05, 3.63) is 71.7 Å². The van der Waals surface area contributed by atoms with Crippen molar-refractivity contribution in [2.24, 2.45) is 0 Å². The molecule has 1 aromatic heterocycles. The normalized spacial score (nSPS) is 12.4. The van der Waals surface area contributed by atoms with Crippen LogP contribution in [0.3, 0.4) is 0 Å². The van der Waals surface area contributed by atoms with Crippen molar-refractivity contribution >= 4 is 5.91 Å². The molecule has 0 saturated heterocycles. The zero-order chi connectivity index (χ0) is 23.1. The number of ether oxygens (including phenoxy) is 2. The molecule has 1 heterocycles. The van der Waals surface area contributed by atoms with Gasteiger partial charge in [0, 0.05) is 25.5 Å². The highest BCUT2D eigenvalue weighted by Gasteiger charge is 2.31. The van der Waals surface area contributed by atoms with E-state index in [0.29, 0.717) is 17.2 Å². The Kier molecular flexibility index (Phi) is 7.53. The lowest BCUT2D eigenvalue weighted by Crippen LogP contribution is -2.31. The van der Waals surface area contributed by atoms with Gasteiger partial charge in [0.1, 0.15) is 5.75 Å². The first kappa shape index (κ1) is 23.3. The minimum absolute atomic E-state index is 0.0354. The van der Waals surface area contributed by atoms with E-state index in [4.69, 9.17) is 13.9 Å². The highest BCUT2D eigenvalue weighted by atomic mass is 19.4. The van der Waals surface area contributed by atoms with Crippen LogP contribution < -0.4 is 10.1 Å². The number of nitrogens with zero attached hydrogens (tertiary/aromatic N) is 1. The molecule has 0 radical (unpaired) electrons. The van der Waals surface area contributed by atoms with E-state index in [1.807, 2.05) is 12.1 Å². The van der Waals surface area contributed by atoms with Crippen LogP contribution in [0.2, 0.25) is 0 Å². The number of amides is 1. The maximum atomic E-state index is 13.0. The van der Waals surface area contributed by atoms with Crippen LogP contribution in [0, 0.1) is 0 Å². The molecule has 0 bridgehead atoms. The molecule has 3 aromatic rings. The average Bonchev–Trinajstić information content (AvgIpc) is 3.26. The summed E-state index contributed by atoms with van der Waals surface area (Å²) in [5.41, 5.74) is 0.350. The van der Waals surface area contributed by atoms with Crippen molar-refractivity contribution in [3.8, 4) is 17.1 Å². The van der Waals surface area contributed by atoms with E-state index < -0.39 is 17.8 Å². The van der Waals surface area contributed by atoms with Crippen molar-refractivity contribution in [2.45, 2.75) is 25.1 Å². The number of oxazole rings is 1. The molecule has 0 aliphatic carbocycles. The molecule has 1 amide bonds. The monoisotopic (exact) mass is 448 g/mol. The molecule has 1 N–H and O–H groups in total. The van der Waals surface area contributed by atoms with Crippen LogP contribution in [0.15, 0.2) is 59.1 Å². The molecular formula is C23H23F3N2O4. The number of alkyl halides is 3. The lowest BCUT2D eigenvalue weighted by atomic mass is 10.0. The third-order valence-electron chi connectivity index (χ3n) is 4.78. The summed E-state index contributed by atoms with van der Waals surface area (Å²) in [5.74, 6) is 1.31. The Bertz CT molecular complexity index is 1030. The summed E-state index contributed by atoms with van der Waals surface area (Å²) in [6, 6.07) is 11.4. The summed E-state index contributed by atoms with van der Waals surface area (Å²) in [6.07, 6.45) is -2.60. The quantitative estimate of drug-likeness (QED) is 0.509. The number of methoxy groups -OCH3 is 2. The first-order chi connectivity index (χ1) is 15.3. The molecule has 170 valence electrons. The summed E-state index contributed by atoms with van der Waals surface area (Å²) >= 11 is 0. The molecule has 3 rings (SSSR count). The Balaban J connectivity index is 1.61. The molecule has 0 spiro atoms. The number of carbonyl (C=O) groups is 1. The fraction of sp³-hybridized carbons (Fsp3) is 0.304. The second-order valence-corrected chi connectivity index (χ2v) is 7.05. The summed E-state index contributed by atoms with van der Waals surface area (Å²) in [6.45, 7) is 0.0354. The lowest BCUT2D eigenvalue weighted by Gasteiger charge is -2.19. The number of aryl methyl sites for hydroxylation is 1. The number of hydrogen-bond donors (Lipinski definition) is 1. The Hall–Kier alpha value is -3.33. The third-order valence-corrected chi connectivity index (χ3v) is 4.78. The number of carbonyl (C=O) groups excluding carboxylic acids is 1. The predicted octanol–water partition coefficient (Wildman–Crippen LogP) is 4.81. The summed E-state index contributed by atoms with van der Waals surface area (Å²) in [5, 5.41) is 2.72. The van der Waals surface area contributed by atoms with Crippen molar-refractivity contribution in [2.75, 3.05) is 20.8 Å². The van der Waals surface area contributed by atoms with E-state index in [2.05, 4.69) is 10.3 Å². The minimum Gasteiger partial charge on any atom is -0.497 e. The van der Waals surface area contributed by atoms with Gasteiger partial charge in [0.2, 0.25) is 5.91 Å². The highest BCUT2D eigenvalue weighted by Crippen LogP contribution is 2.31. The first-order valence-corrected chi connectivity index (χ1v) is 9.84. The van der Waals surface area contributed by atoms with Crippen LogP contribution in [-0.2, 0) is 22.1 Å². The average molecular weight is 448 g/mol. The number of aromatic nitrogens is 1. The summed E-state index contributed by atoms with van der Waals surface area (Å²) < 4.78 is 54.9. The van der Waals surface area contributed by atoms with Crippen LogP contribution >= 0.6 is 0 Å². The van der Waals surface area contributed by atoms with Crippen molar-refractivity contribution in [3.63, 3.8) is 0 Å². The second kappa shape index (κ2) is 10.3. The van der Waals surface area contributed by atoms with Gasteiger partial charge in [0.25, 0.3) is 0 Å². The van der Waals surface area contributed by atoms with Gasteiger partial charge in [-0.1, -0.05) is 12.1 Å². The van der Waals surface area contributed by atoms with E-state index in [9.17, 15) is 18.0 Å². The van der Waals surface area contributed by atoms with Crippen LogP contribution in [0.25, 0.3) is 11.3 Å². The summed E-state index contributed by atoms with van der Waals surface area (Å²) in [7, 11) is 3.00. The highest BCUT2D eigenvalue weighted by molar-refractivity contribution is 5.76. The van der Waals surface area contributed by atoms with Gasteiger partial charge < -0.3 is 19.2 Å². The molecule has 0 saturated carbocycles. The Labute approximate surface area is 183 Å². The van der Waals surface area contributed by atoms with Crippen LogP contribution in [0.4, 0.5) is 13.2 Å². The topological polar surface area (TPSA) is 73.6 Å². The fourth-order valence-corrected chi connectivity index (χ4v) is 3.12. The maximum Gasteiger partial charge on any atom is 0.416 e. The minimum atomic E-state index is -4.47. The van der Waals surface area contributed by atoms with Gasteiger partial charge in [0.05, 0.1) is 31.5 Å². The zero-order valence-electron chi connectivity index (χ0n) is 17.6. The van der Waals surface area contributed by atoms with Gasteiger partial charge >= 0.3 is 6.18 Å². The maximum absolute atomic E-state index is 13.0. The Morgan fingerprint density at radius 2 is 1.91 bits per heavy atom. The largest absolute Gasteiger partial charge is 0.497 e. The van der Waals surface area contributed by atoms with Gasteiger partial charge in [-0.25, -0.2) is 4.98 Å². The van der Waals surface area contributed by atoms with Gasteiger partial charge in [-0.2, -0.15) is 13.2 Å². The third kappa shape index (κ3) is 6.10. The standard InChI is InChI=1S/C23H23F3N2O4/c1-30-14-19(16-4-3-5-17(12-16)23(24,25)26)28-21(29)10-11-22-27-13-20(32-22)15-6-8-18(31-2)9-7-15/h3-9,12-13,19H,10-11,14H2,1-2H3,(H,28,29). The summed E-state index contributed by atoms with van der Waals surface area (Å²) in [4.78, 5) is 16.6. The van der Waals surface area contributed by atoms with Gasteiger partial charge in [-0.15, -0.1) is 0 Å². The predicted molar refractivity (Wildman–Crippen MR) is 111 cm³/mol. The molecular weight excluding hydrogens is 425 g/mol. The Morgan fingerprint density at radius 1 is 1.16 bits per heavy atom. The first-order valence-electron chi connectivity index (χ1n) is 9.84. The number of hydrogen-bond acceptors (Lipinski definition) is 5. The molecule has 0 aliphatic rings. The number of nitrogens with one attached hydrogen (secondary N) is 1. The zero-order valence-corrected chi connectivity index (χ0v) is 17.6. The number of rotatable bonds is 9. The van der Waals surface area contributed by atoms with Crippen LogP contribution in [-0.4, -0.2) is 31.7 Å². The molecule has 2 aromatic carbocycles. The lowest BCUT2D eigenvalue weighted by molar-refractivity contribution is -0.137. The van der Waals surface area contributed by atoms with Gasteiger partial charge in [-0.3, -0.25) is 4.79 Å². The van der Waals surface area contributed by atoms with Crippen molar-refractivity contribution in [1.29, 1.82) is 0 Å². The molecule has 0 aliphatic heterocycles. The van der Waals surface area contributed by atoms with E-state index in [-0.39, 0.29) is 25.4 Å². The van der Waals surface area contributed by atoms with Gasteiger partial charge in [0.15, 0.2) is 11.7 Å². The molecule has 9 heteroatoms. The number of halogens is 3. The van der Waals surface area contributed by atoms with Crippen LogP contribution in [0.5, 0.6) is 5.75 Å². The van der Waals surface area contributed by atoms with Crippen molar-refractivity contribution in [1.82, 2.24) is 10.3 Å². The molecule has 6 nitrogen and oxygen atoms in total. The molecule has 32 heavy (non-hydrogen) atoms. The van der Waals surface area contributed by atoms with E-state index >= 15 is 0 Å². The fourth-order valence-electron chi connectivity index (χ4n) is 3.12.